The van der Waals surface area contributed by atoms with E-state index in [2.05, 4.69) is 0 Å². The Kier molecular flexibility index (Phi) is 6.28. The van der Waals surface area contributed by atoms with Crippen molar-refractivity contribution in [1.29, 1.82) is 0 Å². The summed E-state index contributed by atoms with van der Waals surface area (Å²) < 4.78 is 5.30. The second-order valence-corrected chi connectivity index (χ2v) is 6.27. The van der Waals surface area contributed by atoms with E-state index in [-0.39, 0.29) is 18.4 Å². The third-order valence-electron chi connectivity index (χ3n) is 4.07. The van der Waals surface area contributed by atoms with Crippen LogP contribution >= 0.6 is 11.6 Å². The van der Waals surface area contributed by atoms with Gasteiger partial charge in [0.25, 0.3) is 0 Å². The fraction of sp³-hybridized carbons (Fsp3) is 0.529. The van der Waals surface area contributed by atoms with Gasteiger partial charge in [0.15, 0.2) is 0 Å². The van der Waals surface area contributed by atoms with Gasteiger partial charge in [0.05, 0.1) is 13.7 Å². The minimum absolute atomic E-state index is 0.0737. The second kappa shape index (κ2) is 8.20. The molecule has 0 aromatic heterocycles. The first kappa shape index (κ1) is 17.6. The van der Waals surface area contributed by atoms with E-state index < -0.39 is 0 Å². The maximum atomic E-state index is 12.4. The lowest BCUT2D eigenvalue weighted by Gasteiger charge is -2.24. The van der Waals surface area contributed by atoms with Crippen molar-refractivity contribution in [3.8, 4) is 5.75 Å². The highest BCUT2D eigenvalue weighted by Gasteiger charge is 2.21. The first-order valence-corrected chi connectivity index (χ1v) is 8.23. The third kappa shape index (κ3) is 4.86. The number of hydrogen-bond acceptors (Lipinski definition) is 3. The Hall–Kier alpha value is -1.75. The number of amides is 2. The van der Waals surface area contributed by atoms with Gasteiger partial charge in [-0.25, -0.2) is 0 Å². The monoisotopic (exact) mass is 338 g/mol. The van der Waals surface area contributed by atoms with Crippen LogP contribution in [0.25, 0.3) is 0 Å². The summed E-state index contributed by atoms with van der Waals surface area (Å²) in [5.74, 6) is 0.687. The predicted molar refractivity (Wildman–Crippen MR) is 89.5 cm³/mol. The molecule has 0 aliphatic carbocycles. The number of hydrogen-bond donors (Lipinski definition) is 0. The van der Waals surface area contributed by atoms with Crippen molar-refractivity contribution in [3.63, 3.8) is 0 Å². The lowest BCUT2D eigenvalue weighted by atomic mass is 10.2. The molecule has 1 saturated heterocycles. The van der Waals surface area contributed by atoms with Crippen LogP contribution < -0.4 is 4.74 Å². The predicted octanol–water partition coefficient (Wildman–Crippen LogP) is 2.71. The van der Waals surface area contributed by atoms with Crippen LogP contribution in [0.4, 0.5) is 0 Å². The van der Waals surface area contributed by atoms with Gasteiger partial charge in [-0.05, 0) is 31.0 Å². The number of ether oxygens (including phenoxy) is 1. The van der Waals surface area contributed by atoms with E-state index in [1.54, 1.807) is 42.2 Å². The second-order valence-electron chi connectivity index (χ2n) is 5.83. The van der Waals surface area contributed by atoms with Crippen LogP contribution in [0, 0.1) is 0 Å². The SMILES string of the molecule is COc1ccc(Cl)cc1CN(C)C(=O)CN1CCCCCC1=O. The molecule has 6 heteroatoms. The first-order chi connectivity index (χ1) is 11.0. The number of halogens is 1. The number of carbonyl (C=O) groups is 2. The van der Waals surface area contributed by atoms with Crippen molar-refractivity contribution >= 4 is 23.4 Å². The van der Waals surface area contributed by atoms with Crippen molar-refractivity contribution in [1.82, 2.24) is 9.80 Å². The topological polar surface area (TPSA) is 49.9 Å². The standard InChI is InChI=1S/C17H23ClN2O3/c1-19(11-13-10-14(18)7-8-15(13)23-2)17(22)12-20-9-5-3-4-6-16(20)21/h7-8,10H,3-6,9,11-12H2,1-2H3. The van der Waals surface area contributed by atoms with Crippen molar-refractivity contribution in [2.24, 2.45) is 0 Å². The van der Waals surface area contributed by atoms with Gasteiger partial charge in [0, 0.05) is 37.1 Å². The van der Waals surface area contributed by atoms with Gasteiger partial charge >= 0.3 is 0 Å². The first-order valence-electron chi connectivity index (χ1n) is 7.85. The van der Waals surface area contributed by atoms with E-state index in [4.69, 9.17) is 16.3 Å². The summed E-state index contributed by atoms with van der Waals surface area (Å²) >= 11 is 6.02. The van der Waals surface area contributed by atoms with Gasteiger partial charge in [0.1, 0.15) is 5.75 Å². The van der Waals surface area contributed by atoms with Crippen molar-refractivity contribution in [3.05, 3.63) is 28.8 Å². The number of likely N-dealkylation sites (N-methyl/N-ethyl adjacent to an activating group) is 1. The molecular weight excluding hydrogens is 316 g/mol. The Bertz CT molecular complexity index is 577. The third-order valence-corrected chi connectivity index (χ3v) is 4.31. The van der Waals surface area contributed by atoms with Crippen LogP contribution in [0.1, 0.15) is 31.2 Å². The molecule has 1 aromatic rings. The van der Waals surface area contributed by atoms with Crippen LogP contribution in [0.5, 0.6) is 5.75 Å². The summed E-state index contributed by atoms with van der Waals surface area (Å²) in [7, 11) is 3.31. The van der Waals surface area contributed by atoms with Gasteiger partial charge < -0.3 is 14.5 Å². The number of likely N-dealkylation sites (tertiary alicyclic amines) is 1. The van der Waals surface area contributed by atoms with E-state index in [9.17, 15) is 9.59 Å². The van der Waals surface area contributed by atoms with E-state index in [1.165, 1.54) is 0 Å². The quantitative estimate of drug-likeness (QED) is 0.829. The average molecular weight is 339 g/mol. The molecular formula is C17H23ClN2O3. The largest absolute Gasteiger partial charge is 0.496 e. The molecule has 1 aliphatic heterocycles. The Labute approximate surface area is 142 Å². The molecule has 1 heterocycles. The molecule has 2 rings (SSSR count). The maximum Gasteiger partial charge on any atom is 0.242 e. The number of nitrogens with zero attached hydrogens (tertiary/aromatic N) is 2. The van der Waals surface area contributed by atoms with Gasteiger partial charge in [-0.1, -0.05) is 18.0 Å². The van der Waals surface area contributed by atoms with Crippen molar-refractivity contribution in [2.45, 2.75) is 32.2 Å². The summed E-state index contributed by atoms with van der Waals surface area (Å²) in [5, 5.41) is 0.601. The fourth-order valence-electron chi connectivity index (χ4n) is 2.70. The molecule has 0 atom stereocenters. The Morgan fingerprint density at radius 1 is 1.35 bits per heavy atom. The zero-order valence-corrected chi connectivity index (χ0v) is 14.4. The van der Waals surface area contributed by atoms with Crippen molar-refractivity contribution < 1.29 is 14.3 Å². The summed E-state index contributed by atoms with van der Waals surface area (Å²) in [6.45, 7) is 1.20. The summed E-state index contributed by atoms with van der Waals surface area (Å²) in [5.41, 5.74) is 0.845. The molecule has 0 radical (unpaired) electrons. The minimum atomic E-state index is -0.0812. The highest BCUT2D eigenvalue weighted by molar-refractivity contribution is 6.30. The lowest BCUT2D eigenvalue weighted by molar-refractivity contribution is -0.139. The lowest BCUT2D eigenvalue weighted by Crippen LogP contribution is -2.41. The Morgan fingerprint density at radius 3 is 2.87 bits per heavy atom. The molecule has 0 bridgehead atoms. The molecule has 23 heavy (non-hydrogen) atoms. The van der Waals surface area contributed by atoms with Gasteiger partial charge in [0.2, 0.25) is 11.8 Å². The van der Waals surface area contributed by atoms with Gasteiger partial charge in [-0.2, -0.15) is 0 Å². The molecule has 126 valence electrons. The number of carbonyl (C=O) groups excluding carboxylic acids is 2. The number of benzene rings is 1. The summed E-state index contributed by atoms with van der Waals surface area (Å²) in [4.78, 5) is 27.7. The van der Waals surface area contributed by atoms with Crippen LogP contribution in [-0.2, 0) is 16.1 Å². The Morgan fingerprint density at radius 2 is 2.13 bits per heavy atom. The number of methoxy groups -OCH3 is 1. The molecule has 1 fully saturated rings. The zero-order valence-electron chi connectivity index (χ0n) is 13.7. The molecule has 1 aliphatic rings. The highest BCUT2D eigenvalue weighted by atomic mass is 35.5. The van der Waals surface area contributed by atoms with E-state index in [1.807, 2.05) is 0 Å². The molecule has 0 saturated carbocycles. The van der Waals surface area contributed by atoms with Gasteiger partial charge in [-0.15, -0.1) is 0 Å². The van der Waals surface area contributed by atoms with Gasteiger partial charge in [-0.3, -0.25) is 9.59 Å². The minimum Gasteiger partial charge on any atom is -0.496 e. The molecule has 0 unspecified atom stereocenters. The molecule has 0 N–H and O–H groups in total. The molecule has 0 spiro atoms. The summed E-state index contributed by atoms with van der Waals surface area (Å²) in [6.07, 6.45) is 3.47. The van der Waals surface area contributed by atoms with Crippen LogP contribution in [0.2, 0.25) is 5.02 Å². The van der Waals surface area contributed by atoms with Crippen LogP contribution in [0.3, 0.4) is 0 Å². The van der Waals surface area contributed by atoms with Crippen LogP contribution in [0.15, 0.2) is 18.2 Å². The smallest absolute Gasteiger partial charge is 0.242 e. The molecule has 2 amide bonds. The average Bonchev–Trinajstić information content (AvgIpc) is 2.72. The Balaban J connectivity index is 1.99. The van der Waals surface area contributed by atoms with E-state index >= 15 is 0 Å². The van der Waals surface area contributed by atoms with E-state index in [0.717, 1.165) is 24.8 Å². The zero-order chi connectivity index (χ0) is 16.8. The fourth-order valence-corrected chi connectivity index (χ4v) is 2.90. The normalized spacial score (nSPS) is 15.3. The molecule has 1 aromatic carbocycles. The summed E-state index contributed by atoms with van der Waals surface area (Å²) in [6, 6.07) is 5.33. The van der Waals surface area contributed by atoms with Crippen LogP contribution in [-0.4, -0.2) is 48.9 Å². The highest BCUT2D eigenvalue weighted by Crippen LogP contribution is 2.23. The maximum absolute atomic E-state index is 12.4. The van der Waals surface area contributed by atoms with E-state index in [0.29, 0.717) is 30.3 Å². The molecule has 5 nitrogen and oxygen atoms in total. The number of rotatable bonds is 5. The van der Waals surface area contributed by atoms with Crippen molar-refractivity contribution in [2.75, 3.05) is 27.2 Å².